The van der Waals surface area contributed by atoms with Crippen LogP contribution in [-0.2, 0) is 22.6 Å². The first kappa shape index (κ1) is 14.9. The molecule has 118 valence electrons. The van der Waals surface area contributed by atoms with E-state index in [0.717, 1.165) is 31.6 Å². The molecule has 0 spiro atoms. The number of nitrogens with one attached hydrogen (secondary N) is 1. The molecule has 0 radical (unpaired) electrons. The first-order valence-corrected chi connectivity index (χ1v) is 8.08. The van der Waals surface area contributed by atoms with Crippen LogP contribution in [0.3, 0.4) is 0 Å². The molecule has 2 aliphatic rings. The standard InChI is InChI=1S/C15H26N4O2/c1-11-7-15(8-12(2)21-11)20-6-5-19-10-14(17-18-19)9-16-13-3-4-13/h10-13,15-16H,3-9H2,1-2H3. The van der Waals surface area contributed by atoms with Crippen molar-refractivity contribution in [2.24, 2.45) is 0 Å². The normalized spacial score (nSPS) is 29.7. The van der Waals surface area contributed by atoms with Gasteiger partial charge in [-0.25, -0.2) is 4.68 Å². The molecule has 0 amide bonds. The highest BCUT2D eigenvalue weighted by atomic mass is 16.5. The molecule has 0 aromatic carbocycles. The van der Waals surface area contributed by atoms with Crippen LogP contribution in [0.4, 0.5) is 0 Å². The highest BCUT2D eigenvalue weighted by Crippen LogP contribution is 2.21. The van der Waals surface area contributed by atoms with Crippen LogP contribution < -0.4 is 5.32 Å². The lowest BCUT2D eigenvalue weighted by atomic mass is 10.0. The van der Waals surface area contributed by atoms with E-state index >= 15 is 0 Å². The minimum atomic E-state index is 0.297. The Bertz CT molecular complexity index is 437. The van der Waals surface area contributed by atoms with Crippen molar-refractivity contribution in [3.05, 3.63) is 11.9 Å². The zero-order valence-corrected chi connectivity index (χ0v) is 13.0. The zero-order valence-electron chi connectivity index (χ0n) is 13.0. The maximum absolute atomic E-state index is 5.96. The molecule has 1 aliphatic heterocycles. The van der Waals surface area contributed by atoms with Gasteiger partial charge in [0.1, 0.15) is 0 Å². The van der Waals surface area contributed by atoms with Crippen LogP contribution in [0.2, 0.25) is 0 Å². The van der Waals surface area contributed by atoms with Gasteiger partial charge >= 0.3 is 0 Å². The van der Waals surface area contributed by atoms with Gasteiger partial charge in [-0.2, -0.15) is 0 Å². The Balaban J connectivity index is 1.36. The summed E-state index contributed by atoms with van der Waals surface area (Å²) >= 11 is 0. The fourth-order valence-corrected chi connectivity index (χ4v) is 2.86. The molecule has 1 aromatic heterocycles. The Hall–Kier alpha value is -0.980. The van der Waals surface area contributed by atoms with E-state index in [1.807, 2.05) is 10.9 Å². The Morgan fingerprint density at radius 1 is 1.33 bits per heavy atom. The Kier molecular flexibility index (Phi) is 4.87. The van der Waals surface area contributed by atoms with Crippen LogP contribution in [-0.4, -0.2) is 46.0 Å². The van der Waals surface area contributed by atoms with E-state index in [0.29, 0.717) is 31.0 Å². The molecule has 2 fully saturated rings. The lowest BCUT2D eigenvalue weighted by Crippen LogP contribution is -2.34. The second-order valence-corrected chi connectivity index (χ2v) is 6.35. The van der Waals surface area contributed by atoms with Gasteiger partial charge in [-0.05, 0) is 39.5 Å². The lowest BCUT2D eigenvalue weighted by Gasteiger charge is -2.31. The van der Waals surface area contributed by atoms with Crippen molar-refractivity contribution in [2.45, 2.75) is 77.0 Å². The summed E-state index contributed by atoms with van der Waals surface area (Å²) in [7, 11) is 0. The van der Waals surface area contributed by atoms with E-state index in [4.69, 9.17) is 9.47 Å². The fourth-order valence-electron chi connectivity index (χ4n) is 2.86. The van der Waals surface area contributed by atoms with Gasteiger partial charge in [-0.1, -0.05) is 5.21 Å². The second kappa shape index (κ2) is 6.85. The average molecular weight is 294 g/mol. The third-order valence-corrected chi connectivity index (χ3v) is 4.06. The van der Waals surface area contributed by atoms with Crippen molar-refractivity contribution in [2.75, 3.05) is 6.61 Å². The largest absolute Gasteiger partial charge is 0.376 e. The van der Waals surface area contributed by atoms with Crippen molar-refractivity contribution in [1.82, 2.24) is 20.3 Å². The Labute approximate surface area is 126 Å². The Morgan fingerprint density at radius 2 is 2.10 bits per heavy atom. The molecule has 1 aliphatic carbocycles. The van der Waals surface area contributed by atoms with Crippen LogP contribution in [0.15, 0.2) is 6.20 Å². The number of aromatic nitrogens is 3. The average Bonchev–Trinajstić information content (AvgIpc) is 3.15. The molecule has 1 N–H and O–H groups in total. The molecule has 21 heavy (non-hydrogen) atoms. The molecule has 1 saturated heterocycles. The predicted octanol–water partition coefficient (Wildman–Crippen LogP) is 1.50. The molecule has 2 atom stereocenters. The molecule has 6 nitrogen and oxygen atoms in total. The predicted molar refractivity (Wildman–Crippen MR) is 78.9 cm³/mol. The first-order chi connectivity index (χ1) is 10.2. The monoisotopic (exact) mass is 294 g/mol. The van der Waals surface area contributed by atoms with Crippen molar-refractivity contribution in [3.8, 4) is 0 Å². The van der Waals surface area contributed by atoms with Crippen LogP contribution in [0, 0.1) is 0 Å². The molecular formula is C15H26N4O2. The summed E-state index contributed by atoms with van der Waals surface area (Å²) in [4.78, 5) is 0. The van der Waals surface area contributed by atoms with Crippen LogP contribution in [0.25, 0.3) is 0 Å². The first-order valence-electron chi connectivity index (χ1n) is 8.08. The third kappa shape index (κ3) is 4.76. The molecule has 3 rings (SSSR count). The van der Waals surface area contributed by atoms with Gasteiger partial charge < -0.3 is 14.8 Å². The highest BCUT2D eigenvalue weighted by molar-refractivity contribution is 4.94. The van der Waals surface area contributed by atoms with E-state index in [1.54, 1.807) is 0 Å². The molecule has 6 heteroatoms. The summed E-state index contributed by atoms with van der Waals surface area (Å²) in [6.07, 6.45) is 7.47. The van der Waals surface area contributed by atoms with Gasteiger partial charge in [0.05, 0.1) is 37.2 Å². The third-order valence-electron chi connectivity index (χ3n) is 4.06. The quantitative estimate of drug-likeness (QED) is 0.826. The smallest absolute Gasteiger partial charge is 0.0964 e. The van der Waals surface area contributed by atoms with Gasteiger partial charge in [0, 0.05) is 18.8 Å². The summed E-state index contributed by atoms with van der Waals surface area (Å²) in [5, 5.41) is 11.8. The van der Waals surface area contributed by atoms with Crippen LogP contribution in [0.5, 0.6) is 0 Å². The zero-order chi connectivity index (χ0) is 14.7. The van der Waals surface area contributed by atoms with Gasteiger partial charge in [0.2, 0.25) is 0 Å². The van der Waals surface area contributed by atoms with Gasteiger partial charge in [-0.15, -0.1) is 5.10 Å². The van der Waals surface area contributed by atoms with E-state index in [9.17, 15) is 0 Å². The van der Waals surface area contributed by atoms with E-state index in [1.165, 1.54) is 12.8 Å². The van der Waals surface area contributed by atoms with Crippen molar-refractivity contribution in [3.63, 3.8) is 0 Å². The lowest BCUT2D eigenvalue weighted by molar-refractivity contribution is -0.103. The maximum Gasteiger partial charge on any atom is 0.0964 e. The topological polar surface area (TPSA) is 61.2 Å². The number of hydrogen-bond donors (Lipinski definition) is 1. The summed E-state index contributed by atoms with van der Waals surface area (Å²) in [6.45, 7) is 6.49. The minimum absolute atomic E-state index is 0.297. The van der Waals surface area contributed by atoms with Crippen LogP contribution in [0.1, 0.15) is 45.2 Å². The molecule has 0 bridgehead atoms. The maximum atomic E-state index is 5.96. The molecule has 2 heterocycles. The Morgan fingerprint density at radius 3 is 2.81 bits per heavy atom. The van der Waals surface area contributed by atoms with Crippen molar-refractivity contribution < 1.29 is 9.47 Å². The van der Waals surface area contributed by atoms with Crippen molar-refractivity contribution >= 4 is 0 Å². The molecule has 2 unspecified atom stereocenters. The highest BCUT2D eigenvalue weighted by Gasteiger charge is 2.24. The molecule has 1 aromatic rings. The summed E-state index contributed by atoms with van der Waals surface area (Å²) in [5.74, 6) is 0. The minimum Gasteiger partial charge on any atom is -0.376 e. The molecule has 1 saturated carbocycles. The summed E-state index contributed by atoms with van der Waals surface area (Å²) in [5.41, 5.74) is 1.01. The van der Waals surface area contributed by atoms with Crippen LogP contribution >= 0.6 is 0 Å². The van der Waals surface area contributed by atoms with E-state index in [-0.39, 0.29) is 0 Å². The number of nitrogens with zero attached hydrogens (tertiary/aromatic N) is 3. The van der Waals surface area contributed by atoms with E-state index in [2.05, 4.69) is 29.5 Å². The second-order valence-electron chi connectivity index (χ2n) is 6.35. The van der Waals surface area contributed by atoms with Gasteiger partial charge in [-0.3, -0.25) is 0 Å². The van der Waals surface area contributed by atoms with Gasteiger partial charge in [0.25, 0.3) is 0 Å². The SMILES string of the molecule is CC1CC(OCCn2cc(CNC3CC3)nn2)CC(C)O1. The number of ether oxygens (including phenoxy) is 2. The summed E-state index contributed by atoms with van der Waals surface area (Å²) < 4.78 is 13.6. The number of hydrogen-bond acceptors (Lipinski definition) is 5. The molecular weight excluding hydrogens is 268 g/mol. The van der Waals surface area contributed by atoms with Crippen molar-refractivity contribution in [1.29, 1.82) is 0 Å². The summed E-state index contributed by atoms with van der Waals surface area (Å²) in [6, 6.07) is 0.705. The fraction of sp³-hybridized carbons (Fsp3) is 0.867. The van der Waals surface area contributed by atoms with E-state index < -0.39 is 0 Å². The van der Waals surface area contributed by atoms with Gasteiger partial charge in [0.15, 0.2) is 0 Å². The number of rotatable bonds is 7.